The maximum atomic E-state index is 4.64. The highest BCUT2D eigenvalue weighted by Gasteiger charge is 2.02. The van der Waals surface area contributed by atoms with Crippen LogP contribution in [-0.4, -0.2) is 18.6 Å². The first-order valence-electron chi connectivity index (χ1n) is 6.05. The molecule has 0 radical (unpaired) electrons. The maximum absolute atomic E-state index is 4.64. The van der Waals surface area contributed by atoms with Gasteiger partial charge in [0.25, 0.3) is 0 Å². The summed E-state index contributed by atoms with van der Waals surface area (Å²) >= 11 is 3.61. The number of aryl methyl sites for hydroxylation is 1. The first kappa shape index (κ1) is 13.6. The number of thioether (sulfide) groups is 1. The predicted octanol–water partition coefficient (Wildman–Crippen LogP) is 3.51. The van der Waals surface area contributed by atoms with Crippen LogP contribution >= 0.6 is 23.1 Å². The molecular formula is C14H18N2S2. The number of hydrogen-bond donors (Lipinski definition) is 1. The van der Waals surface area contributed by atoms with Gasteiger partial charge >= 0.3 is 0 Å². The second kappa shape index (κ2) is 6.92. The van der Waals surface area contributed by atoms with E-state index in [0.717, 1.165) is 18.7 Å². The van der Waals surface area contributed by atoms with E-state index in [4.69, 9.17) is 0 Å². The standard InChI is InChI=1S/C14H18N2S2/c1-11-3-5-13(6-4-11)17-10-14-16-12(9-18-14)7-8-15-2/h3-6,9,15H,7-8,10H2,1-2H3. The van der Waals surface area contributed by atoms with E-state index in [0.29, 0.717) is 0 Å². The summed E-state index contributed by atoms with van der Waals surface area (Å²) in [5.41, 5.74) is 2.51. The smallest absolute Gasteiger partial charge is 0.103 e. The van der Waals surface area contributed by atoms with Gasteiger partial charge in [0.2, 0.25) is 0 Å². The van der Waals surface area contributed by atoms with Gasteiger partial charge < -0.3 is 5.32 Å². The van der Waals surface area contributed by atoms with Gasteiger partial charge in [0.1, 0.15) is 5.01 Å². The van der Waals surface area contributed by atoms with Gasteiger partial charge in [-0.1, -0.05) is 17.7 Å². The largest absolute Gasteiger partial charge is 0.319 e. The zero-order valence-electron chi connectivity index (χ0n) is 10.8. The van der Waals surface area contributed by atoms with E-state index in [1.54, 1.807) is 11.3 Å². The second-order valence-electron chi connectivity index (χ2n) is 4.19. The van der Waals surface area contributed by atoms with Crippen LogP contribution in [0.3, 0.4) is 0 Å². The molecule has 0 fully saturated rings. The van der Waals surface area contributed by atoms with Crippen molar-refractivity contribution in [2.24, 2.45) is 0 Å². The Morgan fingerprint density at radius 2 is 2.06 bits per heavy atom. The third-order valence-corrected chi connectivity index (χ3v) is 4.72. The van der Waals surface area contributed by atoms with Gasteiger partial charge in [-0.05, 0) is 26.1 Å². The molecule has 1 heterocycles. The molecule has 1 aromatic carbocycles. The summed E-state index contributed by atoms with van der Waals surface area (Å²) in [4.78, 5) is 5.95. The number of thiazole rings is 1. The molecule has 0 aliphatic rings. The van der Waals surface area contributed by atoms with Gasteiger partial charge in [-0.25, -0.2) is 4.98 Å². The second-order valence-corrected chi connectivity index (χ2v) is 6.18. The number of rotatable bonds is 6. The molecule has 2 nitrogen and oxygen atoms in total. The van der Waals surface area contributed by atoms with Crippen molar-refractivity contribution in [1.29, 1.82) is 0 Å². The third kappa shape index (κ3) is 4.12. The monoisotopic (exact) mass is 278 g/mol. The van der Waals surface area contributed by atoms with E-state index in [1.165, 1.54) is 21.2 Å². The molecular weight excluding hydrogens is 260 g/mol. The Morgan fingerprint density at radius 3 is 2.78 bits per heavy atom. The molecule has 0 atom stereocenters. The van der Waals surface area contributed by atoms with Crippen molar-refractivity contribution < 1.29 is 0 Å². The lowest BCUT2D eigenvalue weighted by Gasteiger charge is -1.99. The Bertz CT molecular complexity index is 477. The fourth-order valence-electron chi connectivity index (χ4n) is 1.56. The minimum Gasteiger partial charge on any atom is -0.319 e. The average molecular weight is 278 g/mol. The maximum Gasteiger partial charge on any atom is 0.103 e. The molecule has 0 aliphatic heterocycles. The fourth-order valence-corrected chi connectivity index (χ4v) is 3.31. The van der Waals surface area contributed by atoms with Crippen LogP contribution in [0.4, 0.5) is 0 Å². The van der Waals surface area contributed by atoms with Crippen molar-refractivity contribution in [2.75, 3.05) is 13.6 Å². The molecule has 18 heavy (non-hydrogen) atoms. The summed E-state index contributed by atoms with van der Waals surface area (Å²) in [7, 11) is 1.97. The molecule has 0 aliphatic carbocycles. The van der Waals surface area contributed by atoms with E-state index in [9.17, 15) is 0 Å². The van der Waals surface area contributed by atoms with Gasteiger partial charge in [0.15, 0.2) is 0 Å². The number of aromatic nitrogens is 1. The lowest BCUT2D eigenvalue weighted by atomic mass is 10.2. The molecule has 1 N–H and O–H groups in total. The number of benzene rings is 1. The van der Waals surface area contributed by atoms with Crippen LogP contribution in [0.5, 0.6) is 0 Å². The zero-order valence-corrected chi connectivity index (χ0v) is 12.4. The van der Waals surface area contributed by atoms with Gasteiger partial charge in [-0.15, -0.1) is 23.1 Å². The molecule has 1 aromatic heterocycles. The molecule has 0 spiro atoms. The molecule has 0 amide bonds. The summed E-state index contributed by atoms with van der Waals surface area (Å²) in [6.45, 7) is 3.11. The van der Waals surface area contributed by atoms with E-state index in [2.05, 4.69) is 46.9 Å². The third-order valence-electron chi connectivity index (χ3n) is 2.61. The van der Waals surface area contributed by atoms with E-state index in [1.807, 2.05) is 18.8 Å². The molecule has 96 valence electrons. The summed E-state index contributed by atoms with van der Waals surface area (Å²) < 4.78 is 0. The Kier molecular flexibility index (Phi) is 5.23. The zero-order chi connectivity index (χ0) is 12.8. The van der Waals surface area contributed by atoms with E-state index < -0.39 is 0 Å². The van der Waals surface area contributed by atoms with Gasteiger partial charge in [-0.2, -0.15) is 0 Å². The normalized spacial score (nSPS) is 10.8. The first-order valence-corrected chi connectivity index (χ1v) is 7.92. The van der Waals surface area contributed by atoms with Gasteiger partial charge in [0, 0.05) is 23.2 Å². The molecule has 0 saturated heterocycles. The summed E-state index contributed by atoms with van der Waals surface area (Å²) in [6, 6.07) is 8.66. The highest BCUT2D eigenvalue weighted by Crippen LogP contribution is 2.24. The topological polar surface area (TPSA) is 24.9 Å². The minimum atomic E-state index is 0.966. The number of hydrogen-bond acceptors (Lipinski definition) is 4. The van der Waals surface area contributed by atoms with Crippen molar-refractivity contribution in [3.05, 3.63) is 45.9 Å². The van der Waals surface area contributed by atoms with E-state index in [-0.39, 0.29) is 0 Å². The van der Waals surface area contributed by atoms with Crippen LogP contribution in [-0.2, 0) is 12.2 Å². The average Bonchev–Trinajstić information content (AvgIpc) is 2.84. The summed E-state index contributed by atoms with van der Waals surface area (Å²) in [5, 5.41) is 6.53. The van der Waals surface area contributed by atoms with Gasteiger partial charge in [-0.3, -0.25) is 0 Å². The molecule has 0 unspecified atom stereocenters. The van der Waals surface area contributed by atoms with Crippen molar-refractivity contribution in [3.63, 3.8) is 0 Å². The van der Waals surface area contributed by atoms with Crippen molar-refractivity contribution in [2.45, 2.75) is 24.0 Å². The van der Waals surface area contributed by atoms with Crippen molar-refractivity contribution in [3.8, 4) is 0 Å². The number of likely N-dealkylation sites (N-methyl/N-ethyl adjacent to an activating group) is 1. The lowest BCUT2D eigenvalue weighted by Crippen LogP contribution is -2.10. The van der Waals surface area contributed by atoms with Crippen LogP contribution in [0.2, 0.25) is 0 Å². The molecule has 2 rings (SSSR count). The van der Waals surface area contributed by atoms with E-state index >= 15 is 0 Å². The summed E-state index contributed by atoms with van der Waals surface area (Å²) in [5.74, 6) is 0.966. The summed E-state index contributed by atoms with van der Waals surface area (Å²) in [6.07, 6.45) is 1.02. The minimum absolute atomic E-state index is 0.966. The Morgan fingerprint density at radius 1 is 1.28 bits per heavy atom. The highest BCUT2D eigenvalue weighted by atomic mass is 32.2. The molecule has 4 heteroatoms. The van der Waals surface area contributed by atoms with Crippen LogP contribution in [0.15, 0.2) is 34.5 Å². The Labute approximate surface area is 117 Å². The Hall–Kier alpha value is -0.840. The molecule has 0 saturated carbocycles. The number of nitrogens with one attached hydrogen (secondary N) is 1. The highest BCUT2D eigenvalue weighted by molar-refractivity contribution is 7.98. The van der Waals surface area contributed by atoms with Crippen LogP contribution in [0, 0.1) is 6.92 Å². The van der Waals surface area contributed by atoms with Crippen LogP contribution in [0.25, 0.3) is 0 Å². The number of nitrogens with zero attached hydrogens (tertiary/aromatic N) is 1. The van der Waals surface area contributed by atoms with Crippen molar-refractivity contribution in [1.82, 2.24) is 10.3 Å². The SMILES string of the molecule is CNCCc1csc(CSc2ccc(C)cc2)n1. The van der Waals surface area contributed by atoms with Crippen LogP contribution < -0.4 is 5.32 Å². The lowest BCUT2D eigenvalue weighted by molar-refractivity contribution is 0.778. The quantitative estimate of drug-likeness (QED) is 0.819. The van der Waals surface area contributed by atoms with Crippen LogP contribution in [0.1, 0.15) is 16.3 Å². The first-order chi connectivity index (χ1) is 8.78. The van der Waals surface area contributed by atoms with Gasteiger partial charge in [0.05, 0.1) is 11.4 Å². The Balaban J connectivity index is 1.86. The molecule has 0 bridgehead atoms. The van der Waals surface area contributed by atoms with Crippen molar-refractivity contribution >= 4 is 23.1 Å². The fraction of sp³-hybridized carbons (Fsp3) is 0.357. The molecule has 2 aromatic rings. The predicted molar refractivity (Wildman–Crippen MR) is 80.5 cm³/mol.